The molecule has 2 nitrogen and oxygen atoms in total. The highest BCUT2D eigenvalue weighted by Gasteiger charge is 2.13. The van der Waals surface area contributed by atoms with E-state index in [0.29, 0.717) is 6.42 Å². The minimum Gasteiger partial charge on any atom is -0.388 e. The zero-order valence-corrected chi connectivity index (χ0v) is 13.0. The highest BCUT2D eigenvalue weighted by atomic mass is 79.9. The fourth-order valence-electron chi connectivity index (χ4n) is 2.18. The van der Waals surface area contributed by atoms with Crippen LogP contribution in [0.4, 0.5) is 0 Å². The predicted molar refractivity (Wildman–Crippen MR) is 81.3 cm³/mol. The minimum atomic E-state index is -0.507. The summed E-state index contributed by atoms with van der Waals surface area (Å²) in [6, 6.07) is 8.09. The number of hydrogen-bond donors (Lipinski definition) is 1. The highest BCUT2D eigenvalue weighted by Crippen LogP contribution is 2.24. The first-order valence-electron chi connectivity index (χ1n) is 6.33. The van der Waals surface area contributed by atoms with E-state index < -0.39 is 6.10 Å². The molecule has 1 atom stereocenters. The summed E-state index contributed by atoms with van der Waals surface area (Å²) in [6.07, 6.45) is 1.79. The van der Waals surface area contributed by atoms with Gasteiger partial charge in [0.25, 0.3) is 0 Å². The van der Waals surface area contributed by atoms with E-state index in [1.165, 1.54) is 11.1 Å². The van der Waals surface area contributed by atoms with Gasteiger partial charge in [-0.15, -0.1) is 0 Å². The average molecular weight is 320 g/mol. The van der Waals surface area contributed by atoms with Gasteiger partial charge in [0.2, 0.25) is 0 Å². The smallest absolute Gasteiger partial charge is 0.0848 e. The van der Waals surface area contributed by atoms with Gasteiger partial charge < -0.3 is 5.11 Å². The van der Waals surface area contributed by atoms with E-state index in [-0.39, 0.29) is 0 Å². The number of hydrogen-bond acceptors (Lipinski definition) is 2. The summed E-state index contributed by atoms with van der Waals surface area (Å²) in [5.74, 6) is 0. The molecule has 2 rings (SSSR count). The van der Waals surface area contributed by atoms with Crippen LogP contribution in [0.2, 0.25) is 0 Å². The lowest BCUT2D eigenvalue weighted by Gasteiger charge is -2.15. The molecule has 1 aromatic carbocycles. The van der Waals surface area contributed by atoms with Gasteiger partial charge in [0.05, 0.1) is 6.10 Å². The monoisotopic (exact) mass is 319 g/mol. The molecule has 0 aliphatic rings. The summed E-state index contributed by atoms with van der Waals surface area (Å²) in [4.78, 5) is 4.31. The SMILES string of the molecule is Cc1cc(C)c(C(O)Cc2ccc(Br)cn2)cc1C. The highest BCUT2D eigenvalue weighted by molar-refractivity contribution is 9.10. The Labute approximate surface area is 122 Å². The second kappa shape index (κ2) is 5.85. The van der Waals surface area contributed by atoms with Crippen molar-refractivity contribution in [2.24, 2.45) is 0 Å². The fourth-order valence-corrected chi connectivity index (χ4v) is 2.41. The number of halogens is 1. The lowest BCUT2D eigenvalue weighted by atomic mass is 9.95. The van der Waals surface area contributed by atoms with Crippen LogP contribution in [0.3, 0.4) is 0 Å². The Morgan fingerprint density at radius 3 is 2.42 bits per heavy atom. The maximum absolute atomic E-state index is 10.4. The van der Waals surface area contributed by atoms with Gasteiger partial charge in [-0.3, -0.25) is 4.98 Å². The molecule has 0 amide bonds. The van der Waals surface area contributed by atoms with Crippen LogP contribution in [-0.2, 0) is 6.42 Å². The van der Waals surface area contributed by atoms with Gasteiger partial charge in [-0.25, -0.2) is 0 Å². The molecule has 0 spiro atoms. The van der Waals surface area contributed by atoms with Gasteiger partial charge in [0.1, 0.15) is 0 Å². The van der Waals surface area contributed by atoms with Gasteiger partial charge >= 0.3 is 0 Å². The normalized spacial score (nSPS) is 12.5. The molecule has 0 aliphatic heterocycles. The molecule has 1 heterocycles. The number of aliphatic hydroxyl groups excluding tert-OH is 1. The number of nitrogens with zero attached hydrogens (tertiary/aromatic N) is 1. The van der Waals surface area contributed by atoms with Gasteiger partial charge in [-0.2, -0.15) is 0 Å². The quantitative estimate of drug-likeness (QED) is 0.926. The number of benzene rings is 1. The minimum absolute atomic E-state index is 0.507. The first-order chi connectivity index (χ1) is 8.97. The van der Waals surface area contributed by atoms with Crippen LogP contribution in [0, 0.1) is 20.8 Å². The first kappa shape index (κ1) is 14.2. The fraction of sp³-hybridized carbons (Fsp3) is 0.312. The van der Waals surface area contributed by atoms with E-state index in [4.69, 9.17) is 0 Å². The van der Waals surface area contributed by atoms with Crippen LogP contribution in [0.5, 0.6) is 0 Å². The Hall–Kier alpha value is -1.19. The van der Waals surface area contributed by atoms with Crippen molar-refractivity contribution in [2.75, 3.05) is 0 Å². The van der Waals surface area contributed by atoms with Crippen molar-refractivity contribution in [2.45, 2.75) is 33.3 Å². The van der Waals surface area contributed by atoms with Gasteiger partial charge in [0, 0.05) is 22.8 Å². The molecule has 0 saturated heterocycles. The molecule has 100 valence electrons. The topological polar surface area (TPSA) is 33.1 Å². The molecule has 1 N–H and O–H groups in total. The molecule has 3 heteroatoms. The maximum atomic E-state index is 10.4. The first-order valence-corrected chi connectivity index (χ1v) is 7.13. The number of rotatable bonds is 3. The summed E-state index contributed by atoms with van der Waals surface area (Å²) in [5, 5.41) is 10.4. The van der Waals surface area contributed by atoms with Crippen molar-refractivity contribution in [3.05, 3.63) is 62.9 Å². The van der Waals surface area contributed by atoms with Gasteiger partial charge in [-0.05, 0) is 71.1 Å². The molecule has 19 heavy (non-hydrogen) atoms. The Balaban J connectivity index is 2.22. The third kappa shape index (κ3) is 3.43. The molecular weight excluding hydrogens is 302 g/mol. The standard InChI is InChI=1S/C16H18BrNO/c1-10-6-12(3)15(7-11(10)2)16(19)8-14-5-4-13(17)9-18-14/h4-7,9,16,19H,8H2,1-3H3. The van der Waals surface area contributed by atoms with Crippen molar-refractivity contribution in [1.82, 2.24) is 4.98 Å². The predicted octanol–water partition coefficient (Wildman–Crippen LogP) is 4.05. The molecule has 1 aromatic heterocycles. The van der Waals surface area contributed by atoms with E-state index in [9.17, 15) is 5.11 Å². The van der Waals surface area contributed by atoms with Crippen molar-refractivity contribution in [3.63, 3.8) is 0 Å². The van der Waals surface area contributed by atoms with Crippen molar-refractivity contribution < 1.29 is 5.11 Å². The van der Waals surface area contributed by atoms with Crippen molar-refractivity contribution in [3.8, 4) is 0 Å². The Bertz CT molecular complexity index is 578. The summed E-state index contributed by atoms with van der Waals surface area (Å²) in [5.41, 5.74) is 5.49. The van der Waals surface area contributed by atoms with E-state index in [2.05, 4.69) is 46.9 Å². The van der Waals surface area contributed by atoms with Crippen LogP contribution in [-0.4, -0.2) is 10.1 Å². The molecule has 2 aromatic rings. The van der Waals surface area contributed by atoms with E-state index >= 15 is 0 Å². The van der Waals surface area contributed by atoms with Crippen LogP contribution in [0.25, 0.3) is 0 Å². The van der Waals surface area contributed by atoms with Gasteiger partial charge in [0.15, 0.2) is 0 Å². The van der Waals surface area contributed by atoms with E-state index in [1.807, 2.05) is 19.1 Å². The van der Waals surface area contributed by atoms with Gasteiger partial charge in [-0.1, -0.05) is 12.1 Å². The molecule has 0 saturated carbocycles. The second-order valence-electron chi connectivity index (χ2n) is 4.98. The Kier molecular flexibility index (Phi) is 4.38. The Morgan fingerprint density at radius 2 is 1.79 bits per heavy atom. The Morgan fingerprint density at radius 1 is 1.11 bits per heavy atom. The zero-order valence-electron chi connectivity index (χ0n) is 11.4. The third-order valence-corrected chi connectivity index (χ3v) is 3.90. The second-order valence-corrected chi connectivity index (χ2v) is 5.90. The molecule has 1 unspecified atom stereocenters. The molecule has 0 bridgehead atoms. The molecule has 0 aliphatic carbocycles. The summed E-state index contributed by atoms with van der Waals surface area (Å²) >= 11 is 3.36. The molecule has 0 fully saturated rings. The molecular formula is C16H18BrNO. The largest absolute Gasteiger partial charge is 0.388 e. The third-order valence-electron chi connectivity index (χ3n) is 3.43. The number of pyridine rings is 1. The van der Waals surface area contributed by atoms with Crippen molar-refractivity contribution in [1.29, 1.82) is 0 Å². The van der Waals surface area contributed by atoms with E-state index in [1.54, 1.807) is 6.20 Å². The number of aliphatic hydroxyl groups is 1. The summed E-state index contributed by atoms with van der Waals surface area (Å²) < 4.78 is 0.952. The lowest BCUT2D eigenvalue weighted by molar-refractivity contribution is 0.176. The number of aromatic nitrogens is 1. The maximum Gasteiger partial charge on any atom is 0.0848 e. The summed E-state index contributed by atoms with van der Waals surface area (Å²) in [7, 11) is 0. The number of aryl methyl sites for hydroxylation is 3. The van der Waals surface area contributed by atoms with Crippen LogP contribution in [0.1, 0.15) is 34.1 Å². The van der Waals surface area contributed by atoms with Crippen molar-refractivity contribution >= 4 is 15.9 Å². The molecule has 0 radical (unpaired) electrons. The van der Waals surface area contributed by atoms with Crippen LogP contribution < -0.4 is 0 Å². The average Bonchev–Trinajstić information content (AvgIpc) is 2.36. The zero-order chi connectivity index (χ0) is 14.0. The van der Waals surface area contributed by atoms with E-state index in [0.717, 1.165) is 21.3 Å². The summed E-state index contributed by atoms with van der Waals surface area (Å²) in [6.45, 7) is 6.21. The lowest BCUT2D eigenvalue weighted by Crippen LogP contribution is -2.06. The van der Waals surface area contributed by atoms with Crippen LogP contribution >= 0.6 is 15.9 Å². The van der Waals surface area contributed by atoms with Crippen LogP contribution in [0.15, 0.2) is 34.9 Å².